The molecule has 0 atom stereocenters. The zero-order valence-electron chi connectivity index (χ0n) is 16.4. The summed E-state index contributed by atoms with van der Waals surface area (Å²) in [5, 5.41) is 13.9. The van der Waals surface area contributed by atoms with Gasteiger partial charge in [-0.3, -0.25) is 14.9 Å². The summed E-state index contributed by atoms with van der Waals surface area (Å²) >= 11 is 0. The molecule has 0 spiro atoms. The molecule has 0 saturated carbocycles. The van der Waals surface area contributed by atoms with Crippen LogP contribution in [0.5, 0.6) is 11.5 Å². The van der Waals surface area contributed by atoms with Crippen LogP contribution in [0, 0.1) is 17.0 Å². The second-order valence-corrected chi connectivity index (χ2v) is 8.76. The number of carbonyl (C=O) groups excluding carboxylic acids is 1. The number of hydrogen-bond acceptors (Lipinski definition) is 7. The molecule has 0 unspecified atom stereocenters. The minimum absolute atomic E-state index is 0.0313. The molecular weight excluding hydrogens is 414 g/mol. The molecule has 3 rings (SSSR count). The van der Waals surface area contributed by atoms with E-state index in [-0.39, 0.29) is 28.7 Å². The van der Waals surface area contributed by atoms with E-state index in [1.165, 1.54) is 44.4 Å². The van der Waals surface area contributed by atoms with Gasteiger partial charge in [0.1, 0.15) is 0 Å². The molecule has 11 heteroatoms. The van der Waals surface area contributed by atoms with Gasteiger partial charge in [0, 0.05) is 25.9 Å². The molecule has 10 nitrogen and oxygen atoms in total. The fraction of sp³-hybridized carbons (Fsp3) is 0.211. The Morgan fingerprint density at radius 2 is 1.87 bits per heavy atom. The molecule has 2 aromatic rings. The quantitative estimate of drug-likeness (QED) is 0.421. The molecular formula is C19H19N3O7S. The van der Waals surface area contributed by atoms with Crippen molar-refractivity contribution in [1.29, 1.82) is 0 Å². The molecule has 0 radical (unpaired) electrons. The molecule has 0 fully saturated rings. The maximum absolute atomic E-state index is 12.4. The number of aryl methyl sites for hydroxylation is 1. The lowest BCUT2D eigenvalue weighted by Gasteiger charge is -2.14. The zero-order valence-corrected chi connectivity index (χ0v) is 17.2. The summed E-state index contributed by atoms with van der Waals surface area (Å²) in [5.41, 5.74) is 0.898. The summed E-state index contributed by atoms with van der Waals surface area (Å²) in [7, 11) is -0.843. The van der Waals surface area contributed by atoms with Gasteiger partial charge in [0.2, 0.25) is 22.7 Å². The summed E-state index contributed by atoms with van der Waals surface area (Å²) in [4.78, 5) is 23.1. The molecule has 1 N–H and O–H groups in total. The average molecular weight is 433 g/mol. The Morgan fingerprint density at radius 1 is 1.20 bits per heavy atom. The van der Waals surface area contributed by atoms with E-state index in [0.717, 1.165) is 10.4 Å². The van der Waals surface area contributed by atoms with Crippen LogP contribution in [0.25, 0.3) is 6.08 Å². The lowest BCUT2D eigenvalue weighted by molar-refractivity contribution is -0.385. The zero-order chi connectivity index (χ0) is 22.1. The third-order valence-corrected chi connectivity index (χ3v) is 6.19. The van der Waals surface area contributed by atoms with Crippen molar-refractivity contribution >= 4 is 33.4 Å². The van der Waals surface area contributed by atoms with Gasteiger partial charge in [-0.15, -0.1) is 0 Å². The van der Waals surface area contributed by atoms with Crippen LogP contribution in [0.1, 0.15) is 11.1 Å². The average Bonchev–Trinajstić information content (AvgIpc) is 3.14. The molecule has 158 valence electrons. The van der Waals surface area contributed by atoms with Crippen molar-refractivity contribution in [2.75, 3.05) is 26.2 Å². The Hall–Kier alpha value is -3.44. The summed E-state index contributed by atoms with van der Waals surface area (Å²) in [6, 6.07) is 7.05. The number of benzene rings is 2. The highest BCUT2D eigenvalue weighted by Gasteiger charge is 2.22. The van der Waals surface area contributed by atoms with E-state index in [0.29, 0.717) is 17.0 Å². The first-order valence-electron chi connectivity index (χ1n) is 8.70. The predicted molar refractivity (Wildman–Crippen MR) is 109 cm³/mol. The van der Waals surface area contributed by atoms with Gasteiger partial charge in [-0.05, 0) is 36.8 Å². The Morgan fingerprint density at radius 3 is 2.50 bits per heavy atom. The Balaban J connectivity index is 1.85. The maximum Gasteiger partial charge on any atom is 0.280 e. The molecule has 1 heterocycles. The first-order chi connectivity index (χ1) is 14.1. The van der Waals surface area contributed by atoms with Crippen molar-refractivity contribution in [3.8, 4) is 11.5 Å². The fourth-order valence-corrected chi connectivity index (χ4v) is 3.61. The van der Waals surface area contributed by atoms with Crippen molar-refractivity contribution in [2.24, 2.45) is 0 Å². The number of fused-ring (bicyclic) bond motifs is 1. The first-order valence-corrected chi connectivity index (χ1v) is 10.1. The number of rotatable bonds is 6. The summed E-state index contributed by atoms with van der Waals surface area (Å²) in [5.74, 6) is 0.0282. The van der Waals surface area contributed by atoms with Crippen LogP contribution < -0.4 is 14.8 Å². The topological polar surface area (TPSA) is 128 Å². The lowest BCUT2D eigenvalue weighted by Crippen LogP contribution is -2.22. The molecule has 0 bridgehead atoms. The molecule has 0 saturated heterocycles. The molecule has 0 aromatic heterocycles. The Bertz CT molecular complexity index is 1160. The van der Waals surface area contributed by atoms with Gasteiger partial charge in [0.25, 0.3) is 5.69 Å². The summed E-state index contributed by atoms with van der Waals surface area (Å²) < 4.78 is 36.0. The maximum atomic E-state index is 12.4. The van der Waals surface area contributed by atoms with Gasteiger partial charge in [-0.1, -0.05) is 6.07 Å². The molecule has 2 aromatic carbocycles. The number of sulfonamides is 1. The number of anilines is 1. The van der Waals surface area contributed by atoms with E-state index in [1.807, 2.05) is 0 Å². The Kier molecular flexibility index (Phi) is 5.76. The van der Waals surface area contributed by atoms with E-state index in [9.17, 15) is 23.3 Å². The van der Waals surface area contributed by atoms with Gasteiger partial charge in [0.15, 0.2) is 11.5 Å². The highest BCUT2D eigenvalue weighted by atomic mass is 32.2. The number of nitro groups is 1. The molecule has 1 aliphatic heterocycles. The number of carbonyl (C=O) groups is 1. The van der Waals surface area contributed by atoms with Crippen LogP contribution in [0.4, 0.5) is 11.4 Å². The van der Waals surface area contributed by atoms with Crippen molar-refractivity contribution < 1.29 is 27.6 Å². The normalized spacial score (nSPS) is 13.1. The summed E-state index contributed by atoms with van der Waals surface area (Å²) in [6.07, 6.45) is 2.41. The van der Waals surface area contributed by atoms with E-state index in [1.54, 1.807) is 13.0 Å². The molecule has 1 aliphatic rings. The highest BCUT2D eigenvalue weighted by Crippen LogP contribution is 2.38. The first kappa shape index (κ1) is 21.3. The predicted octanol–water partition coefficient (Wildman–Crippen LogP) is 2.53. The highest BCUT2D eigenvalue weighted by molar-refractivity contribution is 7.89. The minimum atomic E-state index is -3.66. The molecule has 0 aliphatic carbocycles. The number of nitro benzene ring substituents is 1. The van der Waals surface area contributed by atoms with Crippen molar-refractivity contribution in [2.45, 2.75) is 11.8 Å². The third kappa shape index (κ3) is 4.26. The van der Waals surface area contributed by atoms with Gasteiger partial charge in [-0.25, -0.2) is 12.7 Å². The van der Waals surface area contributed by atoms with E-state index < -0.39 is 20.9 Å². The monoisotopic (exact) mass is 433 g/mol. The standard InChI is InChI=1S/C19H19N3O7S/c1-12-4-6-14(30(26,27)21(2)3)9-15(12)20-19(23)7-5-13-8-17-18(29-11-28-17)10-16(13)22(24)25/h4-10H,11H2,1-3H3,(H,20,23)/b7-5+. The largest absolute Gasteiger partial charge is 0.454 e. The van der Waals surface area contributed by atoms with Crippen LogP contribution in [-0.2, 0) is 14.8 Å². The number of hydrogen-bond donors (Lipinski definition) is 1. The van der Waals surface area contributed by atoms with Crippen LogP contribution in [0.15, 0.2) is 41.3 Å². The molecule has 30 heavy (non-hydrogen) atoms. The van der Waals surface area contributed by atoms with Crippen LogP contribution in [0.2, 0.25) is 0 Å². The van der Waals surface area contributed by atoms with Gasteiger partial charge < -0.3 is 14.8 Å². The third-order valence-electron chi connectivity index (χ3n) is 4.38. The second kappa shape index (κ2) is 8.13. The van der Waals surface area contributed by atoms with Gasteiger partial charge >= 0.3 is 0 Å². The second-order valence-electron chi connectivity index (χ2n) is 6.61. The number of nitrogens with one attached hydrogen (secondary N) is 1. The number of ether oxygens (including phenoxy) is 2. The SMILES string of the molecule is Cc1ccc(S(=O)(=O)N(C)C)cc1NC(=O)/C=C/c1cc2c(cc1[N+](=O)[O-])OCO2. The molecule has 1 amide bonds. The van der Waals surface area contributed by atoms with E-state index in [4.69, 9.17) is 9.47 Å². The Labute approximate surface area is 172 Å². The number of nitrogens with zero attached hydrogens (tertiary/aromatic N) is 2. The van der Waals surface area contributed by atoms with Crippen molar-refractivity contribution in [3.63, 3.8) is 0 Å². The van der Waals surface area contributed by atoms with E-state index in [2.05, 4.69) is 5.32 Å². The fourth-order valence-electron chi connectivity index (χ4n) is 2.69. The smallest absolute Gasteiger partial charge is 0.280 e. The van der Waals surface area contributed by atoms with Crippen LogP contribution >= 0.6 is 0 Å². The van der Waals surface area contributed by atoms with Gasteiger partial charge in [0.05, 0.1) is 21.4 Å². The van der Waals surface area contributed by atoms with Crippen molar-refractivity contribution in [3.05, 3.63) is 57.6 Å². The summed E-state index contributed by atoms with van der Waals surface area (Å²) in [6.45, 7) is 1.68. The van der Waals surface area contributed by atoms with Crippen LogP contribution in [0.3, 0.4) is 0 Å². The van der Waals surface area contributed by atoms with Crippen molar-refractivity contribution in [1.82, 2.24) is 4.31 Å². The van der Waals surface area contributed by atoms with Gasteiger partial charge in [-0.2, -0.15) is 0 Å². The lowest BCUT2D eigenvalue weighted by atomic mass is 10.1. The minimum Gasteiger partial charge on any atom is -0.454 e. The van der Waals surface area contributed by atoms with Crippen LogP contribution in [-0.4, -0.2) is 44.4 Å². The van der Waals surface area contributed by atoms with E-state index >= 15 is 0 Å². The number of amides is 1.